The van der Waals surface area contributed by atoms with E-state index in [1.165, 1.54) is 0 Å². The van der Waals surface area contributed by atoms with Crippen LogP contribution in [0, 0.1) is 5.92 Å². The summed E-state index contributed by atoms with van der Waals surface area (Å²) in [6, 6.07) is 0. The van der Waals surface area contributed by atoms with E-state index in [0.717, 1.165) is 0 Å². The summed E-state index contributed by atoms with van der Waals surface area (Å²) in [6.07, 6.45) is 1.11. The number of carboxylic acids is 1. The molecule has 0 spiro atoms. The highest BCUT2D eigenvalue weighted by atomic mass is 16.4. The van der Waals surface area contributed by atoms with Gasteiger partial charge in [-0.3, -0.25) is 0 Å². The predicted octanol–water partition coefficient (Wildman–Crippen LogP) is 1.34. The lowest BCUT2D eigenvalue weighted by Gasteiger charge is -2.17. The van der Waals surface area contributed by atoms with Crippen LogP contribution in [0.1, 0.15) is 50.3 Å². The second-order valence-corrected chi connectivity index (χ2v) is 5.57. The van der Waals surface area contributed by atoms with Gasteiger partial charge in [-0.25, -0.2) is 9.48 Å². The second kappa shape index (κ2) is 5.48. The number of nitrogens with zero attached hydrogens (tertiary/aromatic N) is 3. The van der Waals surface area contributed by atoms with Crippen molar-refractivity contribution in [2.24, 2.45) is 5.92 Å². The Bertz CT molecular complexity index is 419. The van der Waals surface area contributed by atoms with Gasteiger partial charge in [0.25, 0.3) is 0 Å². The summed E-state index contributed by atoms with van der Waals surface area (Å²) in [7, 11) is 0. The maximum Gasteiger partial charge on any atom is 0.358 e. The summed E-state index contributed by atoms with van der Waals surface area (Å²) >= 11 is 0. The molecule has 6 heteroatoms. The van der Waals surface area contributed by atoms with E-state index in [2.05, 4.69) is 10.3 Å². The number of hydrogen-bond donors (Lipinski definition) is 2. The van der Waals surface area contributed by atoms with Crippen LogP contribution in [0.4, 0.5) is 0 Å². The molecule has 0 radical (unpaired) electrons. The van der Waals surface area contributed by atoms with Crippen LogP contribution in [-0.4, -0.2) is 36.8 Å². The molecule has 102 valence electrons. The van der Waals surface area contributed by atoms with Crippen molar-refractivity contribution in [1.82, 2.24) is 15.0 Å². The summed E-state index contributed by atoms with van der Waals surface area (Å²) in [4.78, 5) is 11.1. The molecule has 1 heterocycles. The van der Waals surface area contributed by atoms with Crippen molar-refractivity contribution in [1.29, 1.82) is 0 Å². The van der Waals surface area contributed by atoms with Crippen molar-refractivity contribution in [3.63, 3.8) is 0 Å². The third-order valence-corrected chi connectivity index (χ3v) is 2.58. The highest BCUT2D eigenvalue weighted by Gasteiger charge is 2.21. The van der Waals surface area contributed by atoms with Gasteiger partial charge in [-0.05, 0) is 32.6 Å². The topological polar surface area (TPSA) is 88.2 Å². The van der Waals surface area contributed by atoms with Crippen LogP contribution >= 0.6 is 0 Å². The first-order valence-corrected chi connectivity index (χ1v) is 6.08. The normalized spacial score (nSPS) is 12.1. The number of carboxylic acid groups (broad SMARTS) is 1. The van der Waals surface area contributed by atoms with Gasteiger partial charge in [0.15, 0.2) is 5.69 Å². The largest absolute Gasteiger partial charge is 0.476 e. The molecule has 0 aliphatic carbocycles. The highest BCUT2D eigenvalue weighted by molar-refractivity contribution is 5.86. The minimum Gasteiger partial charge on any atom is -0.476 e. The maximum atomic E-state index is 11.1. The van der Waals surface area contributed by atoms with Gasteiger partial charge < -0.3 is 10.2 Å². The lowest BCUT2D eigenvalue weighted by atomic mass is 10.0. The van der Waals surface area contributed by atoms with Crippen molar-refractivity contribution in [2.75, 3.05) is 0 Å². The lowest BCUT2D eigenvalue weighted by molar-refractivity contribution is 0.0646. The zero-order chi connectivity index (χ0) is 13.9. The van der Waals surface area contributed by atoms with Gasteiger partial charge in [-0.2, -0.15) is 0 Å². The highest BCUT2D eigenvalue weighted by Crippen LogP contribution is 2.15. The Labute approximate surface area is 107 Å². The summed E-state index contributed by atoms with van der Waals surface area (Å²) < 4.78 is 1.58. The fourth-order valence-electron chi connectivity index (χ4n) is 1.65. The minimum absolute atomic E-state index is 0.0134. The molecule has 6 nitrogen and oxygen atoms in total. The molecule has 0 saturated heterocycles. The van der Waals surface area contributed by atoms with Crippen molar-refractivity contribution in [3.05, 3.63) is 11.4 Å². The van der Waals surface area contributed by atoms with Crippen LogP contribution in [-0.2, 0) is 13.0 Å². The fraction of sp³-hybridized carbons (Fsp3) is 0.750. The van der Waals surface area contributed by atoms with Crippen molar-refractivity contribution < 1.29 is 15.0 Å². The van der Waals surface area contributed by atoms with Crippen LogP contribution in [0.25, 0.3) is 0 Å². The van der Waals surface area contributed by atoms with E-state index < -0.39 is 11.6 Å². The minimum atomic E-state index is -1.06. The number of aromatic nitrogens is 3. The molecule has 18 heavy (non-hydrogen) atoms. The first kappa shape index (κ1) is 14.6. The van der Waals surface area contributed by atoms with Crippen LogP contribution in [0.5, 0.6) is 0 Å². The Hall–Kier alpha value is -1.43. The molecular weight excluding hydrogens is 234 g/mol. The molecule has 1 aromatic rings. The summed E-state index contributed by atoms with van der Waals surface area (Å²) in [5, 5.41) is 26.3. The SMILES string of the molecule is CC(C)Cc1c(C(=O)O)nnn1CCC(C)(C)O. The quantitative estimate of drug-likeness (QED) is 0.800. The smallest absolute Gasteiger partial charge is 0.358 e. The second-order valence-electron chi connectivity index (χ2n) is 5.57. The molecule has 0 amide bonds. The standard InChI is InChI=1S/C12H21N3O3/c1-8(2)7-9-10(11(16)17)13-14-15(9)6-5-12(3,4)18/h8,18H,5-7H2,1-4H3,(H,16,17). The van der Waals surface area contributed by atoms with Crippen molar-refractivity contribution in [3.8, 4) is 0 Å². The van der Waals surface area contributed by atoms with E-state index in [4.69, 9.17) is 5.11 Å². The molecule has 2 N–H and O–H groups in total. The third-order valence-electron chi connectivity index (χ3n) is 2.58. The monoisotopic (exact) mass is 255 g/mol. The number of carbonyl (C=O) groups is 1. The first-order valence-electron chi connectivity index (χ1n) is 6.08. The van der Waals surface area contributed by atoms with Gasteiger partial charge in [0, 0.05) is 6.54 Å². The molecule has 0 bridgehead atoms. The zero-order valence-corrected chi connectivity index (χ0v) is 11.3. The Balaban J connectivity index is 2.93. The van der Waals surface area contributed by atoms with Crippen LogP contribution in [0.15, 0.2) is 0 Å². The Morgan fingerprint density at radius 2 is 2.06 bits per heavy atom. The molecule has 0 aromatic carbocycles. The zero-order valence-electron chi connectivity index (χ0n) is 11.3. The van der Waals surface area contributed by atoms with Crippen LogP contribution in [0.2, 0.25) is 0 Å². The van der Waals surface area contributed by atoms with E-state index in [-0.39, 0.29) is 5.69 Å². The summed E-state index contributed by atoms with van der Waals surface area (Å²) in [5.41, 5.74) is -0.161. The van der Waals surface area contributed by atoms with E-state index in [9.17, 15) is 9.90 Å². The molecular formula is C12H21N3O3. The van der Waals surface area contributed by atoms with Gasteiger partial charge in [-0.15, -0.1) is 5.10 Å². The molecule has 0 atom stereocenters. The number of hydrogen-bond acceptors (Lipinski definition) is 4. The summed E-state index contributed by atoms with van der Waals surface area (Å²) in [6.45, 7) is 7.91. The Kier molecular flexibility index (Phi) is 4.45. The molecule has 1 rings (SSSR count). The average molecular weight is 255 g/mol. The van der Waals surface area contributed by atoms with Crippen LogP contribution in [0.3, 0.4) is 0 Å². The number of rotatable bonds is 6. The number of aromatic carboxylic acids is 1. The van der Waals surface area contributed by atoms with Gasteiger partial charge in [0.05, 0.1) is 11.3 Å². The molecule has 0 aliphatic heterocycles. The molecule has 0 unspecified atom stereocenters. The fourth-order valence-corrected chi connectivity index (χ4v) is 1.65. The molecule has 1 aromatic heterocycles. The van der Waals surface area contributed by atoms with Crippen LogP contribution < -0.4 is 0 Å². The van der Waals surface area contributed by atoms with E-state index in [0.29, 0.717) is 31.0 Å². The number of aliphatic hydroxyl groups is 1. The van der Waals surface area contributed by atoms with Gasteiger partial charge >= 0.3 is 5.97 Å². The summed E-state index contributed by atoms with van der Waals surface area (Å²) in [5.74, 6) is -0.734. The Morgan fingerprint density at radius 3 is 2.50 bits per heavy atom. The van der Waals surface area contributed by atoms with Gasteiger partial charge in [0.2, 0.25) is 0 Å². The lowest BCUT2D eigenvalue weighted by Crippen LogP contribution is -2.22. The number of aryl methyl sites for hydroxylation is 1. The average Bonchev–Trinajstić information content (AvgIpc) is 2.56. The Morgan fingerprint density at radius 1 is 1.44 bits per heavy atom. The van der Waals surface area contributed by atoms with E-state index in [1.807, 2.05) is 13.8 Å². The van der Waals surface area contributed by atoms with Crippen molar-refractivity contribution in [2.45, 2.75) is 52.7 Å². The van der Waals surface area contributed by atoms with E-state index >= 15 is 0 Å². The van der Waals surface area contributed by atoms with Crippen molar-refractivity contribution >= 4 is 5.97 Å². The predicted molar refractivity (Wildman–Crippen MR) is 66.4 cm³/mol. The molecule has 0 saturated carbocycles. The molecule has 0 fully saturated rings. The van der Waals surface area contributed by atoms with E-state index in [1.54, 1.807) is 18.5 Å². The molecule has 0 aliphatic rings. The van der Waals surface area contributed by atoms with Gasteiger partial charge in [0.1, 0.15) is 0 Å². The van der Waals surface area contributed by atoms with Gasteiger partial charge in [-0.1, -0.05) is 19.1 Å². The third kappa shape index (κ3) is 4.10. The maximum absolute atomic E-state index is 11.1. The first-order chi connectivity index (χ1) is 8.20.